The van der Waals surface area contributed by atoms with Crippen LogP contribution < -0.4 is 0 Å². The molecule has 0 saturated carbocycles. The van der Waals surface area contributed by atoms with Crippen molar-refractivity contribution < 1.29 is 4.42 Å². The van der Waals surface area contributed by atoms with Crippen molar-refractivity contribution in [3.8, 4) is 56.4 Å². The summed E-state index contributed by atoms with van der Waals surface area (Å²) in [4.78, 5) is 15.3. The molecule has 0 amide bonds. The van der Waals surface area contributed by atoms with E-state index in [-0.39, 0.29) is 0 Å². The Morgan fingerprint density at radius 1 is 0.333 bits per heavy atom. The van der Waals surface area contributed by atoms with Crippen molar-refractivity contribution in [3.63, 3.8) is 0 Å². The average molecular weight is 652 g/mol. The molecule has 0 aliphatic carbocycles. The Hall–Kier alpha value is -6.91. The summed E-state index contributed by atoms with van der Waals surface area (Å²) >= 11 is 0. The minimum Gasteiger partial charge on any atom is -0.455 e. The van der Waals surface area contributed by atoms with E-state index in [1.165, 1.54) is 27.3 Å². The lowest BCUT2D eigenvalue weighted by Gasteiger charge is -2.12. The maximum atomic E-state index is 6.71. The number of hydrogen-bond acceptors (Lipinski definition) is 4. The summed E-state index contributed by atoms with van der Waals surface area (Å²) in [6.45, 7) is 0. The minimum absolute atomic E-state index is 0.598. The number of aromatic nitrogens is 3. The highest BCUT2D eigenvalue weighted by atomic mass is 16.3. The van der Waals surface area contributed by atoms with E-state index in [0.717, 1.165) is 55.1 Å². The third kappa shape index (κ3) is 5.13. The van der Waals surface area contributed by atoms with Gasteiger partial charge >= 0.3 is 0 Å². The van der Waals surface area contributed by atoms with Crippen LogP contribution >= 0.6 is 0 Å². The Balaban J connectivity index is 1.19. The van der Waals surface area contributed by atoms with Crippen LogP contribution in [0.2, 0.25) is 0 Å². The van der Waals surface area contributed by atoms with Crippen molar-refractivity contribution in [1.29, 1.82) is 0 Å². The minimum atomic E-state index is 0.598. The van der Waals surface area contributed by atoms with E-state index in [4.69, 9.17) is 19.4 Å². The highest BCUT2D eigenvalue weighted by Gasteiger charge is 2.21. The first kappa shape index (κ1) is 29.0. The molecule has 0 bridgehead atoms. The third-order valence-electron chi connectivity index (χ3n) is 9.70. The van der Waals surface area contributed by atoms with Gasteiger partial charge in [-0.25, -0.2) is 15.0 Å². The van der Waals surface area contributed by atoms with Crippen molar-refractivity contribution >= 4 is 43.5 Å². The number of fused-ring (bicyclic) bond motifs is 5. The fraction of sp³-hybridized carbons (Fsp3) is 0. The van der Waals surface area contributed by atoms with Gasteiger partial charge < -0.3 is 4.42 Å². The number of hydrogen-bond donors (Lipinski definition) is 0. The zero-order chi connectivity index (χ0) is 33.7. The molecule has 0 atom stereocenters. The van der Waals surface area contributed by atoms with E-state index in [9.17, 15) is 0 Å². The summed E-state index contributed by atoms with van der Waals surface area (Å²) in [5.41, 5.74) is 8.88. The molecule has 51 heavy (non-hydrogen) atoms. The van der Waals surface area contributed by atoms with Crippen molar-refractivity contribution in [3.05, 3.63) is 176 Å². The predicted octanol–water partition coefficient (Wildman–Crippen LogP) is 12.4. The molecule has 10 aromatic rings. The molecule has 0 radical (unpaired) electrons. The summed E-state index contributed by atoms with van der Waals surface area (Å²) in [7, 11) is 0. The van der Waals surface area contributed by atoms with Gasteiger partial charge in [0.1, 0.15) is 11.2 Å². The Bertz CT molecular complexity index is 2910. The summed E-state index contributed by atoms with van der Waals surface area (Å²) in [5, 5.41) is 6.67. The zero-order valence-corrected chi connectivity index (χ0v) is 27.5. The lowest BCUT2D eigenvalue weighted by atomic mass is 9.95. The highest BCUT2D eigenvalue weighted by Crippen LogP contribution is 2.42. The Labute approximate surface area is 294 Å². The normalized spacial score (nSPS) is 11.5. The van der Waals surface area contributed by atoms with Gasteiger partial charge in [-0.2, -0.15) is 0 Å². The lowest BCUT2D eigenvalue weighted by molar-refractivity contribution is 0.670. The topological polar surface area (TPSA) is 51.8 Å². The maximum absolute atomic E-state index is 6.71. The number of benzene rings is 8. The van der Waals surface area contributed by atoms with Gasteiger partial charge in [0, 0.05) is 33.0 Å². The van der Waals surface area contributed by atoms with Gasteiger partial charge in [-0.3, -0.25) is 0 Å². The van der Waals surface area contributed by atoms with Gasteiger partial charge in [-0.15, -0.1) is 0 Å². The summed E-state index contributed by atoms with van der Waals surface area (Å²) in [6.07, 6.45) is 0. The molecule has 0 aliphatic rings. The van der Waals surface area contributed by atoms with E-state index in [1.54, 1.807) is 0 Å². The second-order valence-corrected chi connectivity index (χ2v) is 12.8. The molecule has 2 heterocycles. The molecular formula is C47H29N3O. The van der Waals surface area contributed by atoms with E-state index in [2.05, 4.69) is 133 Å². The van der Waals surface area contributed by atoms with Crippen molar-refractivity contribution in [2.24, 2.45) is 0 Å². The first-order valence-electron chi connectivity index (χ1n) is 17.1. The fourth-order valence-corrected chi connectivity index (χ4v) is 7.14. The Morgan fingerprint density at radius 2 is 0.882 bits per heavy atom. The van der Waals surface area contributed by atoms with Gasteiger partial charge in [0.05, 0.1) is 0 Å². The second-order valence-electron chi connectivity index (χ2n) is 12.8. The molecule has 0 saturated heterocycles. The van der Waals surface area contributed by atoms with E-state index < -0.39 is 0 Å². The predicted molar refractivity (Wildman–Crippen MR) is 209 cm³/mol. The van der Waals surface area contributed by atoms with Crippen LogP contribution in [0.25, 0.3) is 99.9 Å². The quantitative estimate of drug-likeness (QED) is 0.186. The Kier molecular flexibility index (Phi) is 6.78. The van der Waals surface area contributed by atoms with Crippen LogP contribution in [0.15, 0.2) is 180 Å². The molecule has 10 rings (SSSR count). The smallest absolute Gasteiger partial charge is 0.164 e. The summed E-state index contributed by atoms with van der Waals surface area (Å²) in [6, 6.07) is 61.1. The molecule has 4 nitrogen and oxygen atoms in total. The highest BCUT2D eigenvalue weighted by molar-refractivity contribution is 6.16. The average Bonchev–Trinajstić information content (AvgIpc) is 3.60. The van der Waals surface area contributed by atoms with Gasteiger partial charge in [-0.05, 0) is 74.6 Å². The van der Waals surface area contributed by atoms with Gasteiger partial charge in [0.25, 0.3) is 0 Å². The summed E-state index contributed by atoms with van der Waals surface area (Å²) in [5.74, 6) is 1.84. The first-order chi connectivity index (χ1) is 25.2. The molecule has 2 aromatic heterocycles. The second kappa shape index (κ2) is 11.9. The van der Waals surface area contributed by atoms with Crippen LogP contribution in [0, 0.1) is 0 Å². The SMILES string of the molecule is c1ccc(-c2ccc3ccc(-c4ccc(-c5nc(-c6ccccc6)nc(-c6ccc7ccccc7c6)n5)c5c4oc4ccccc45)cc3c2)cc1. The van der Waals surface area contributed by atoms with E-state index >= 15 is 0 Å². The van der Waals surface area contributed by atoms with Crippen LogP contribution in [0.3, 0.4) is 0 Å². The van der Waals surface area contributed by atoms with Crippen LogP contribution in [-0.2, 0) is 0 Å². The number of furan rings is 1. The molecule has 0 fully saturated rings. The molecule has 4 heteroatoms. The molecule has 0 unspecified atom stereocenters. The van der Waals surface area contributed by atoms with Crippen LogP contribution in [0.4, 0.5) is 0 Å². The molecule has 8 aromatic carbocycles. The lowest BCUT2D eigenvalue weighted by Crippen LogP contribution is -2.00. The molecule has 238 valence electrons. The molecule has 0 N–H and O–H groups in total. The largest absolute Gasteiger partial charge is 0.455 e. The number of para-hydroxylation sites is 1. The van der Waals surface area contributed by atoms with Crippen LogP contribution in [0.1, 0.15) is 0 Å². The standard InChI is InChI=1S/C47H29N3O/c1-3-11-30(12-4-1)35-22-19-32-20-23-36(29-38(32)28-35)39-25-26-41(43-40-17-9-10-18-42(40)51-44(39)43)47-49-45(33-14-5-2-6-15-33)48-46(50-47)37-24-21-31-13-7-8-16-34(31)27-37/h1-29H. The van der Waals surface area contributed by atoms with Gasteiger partial charge in [-0.1, -0.05) is 140 Å². The summed E-state index contributed by atoms with van der Waals surface area (Å²) < 4.78 is 6.71. The molecular weight excluding hydrogens is 623 g/mol. The maximum Gasteiger partial charge on any atom is 0.164 e. The van der Waals surface area contributed by atoms with Crippen molar-refractivity contribution in [1.82, 2.24) is 15.0 Å². The first-order valence-corrected chi connectivity index (χ1v) is 17.1. The zero-order valence-electron chi connectivity index (χ0n) is 27.5. The van der Waals surface area contributed by atoms with Crippen molar-refractivity contribution in [2.45, 2.75) is 0 Å². The van der Waals surface area contributed by atoms with Crippen LogP contribution in [0.5, 0.6) is 0 Å². The Morgan fingerprint density at radius 3 is 1.69 bits per heavy atom. The van der Waals surface area contributed by atoms with Gasteiger partial charge in [0.2, 0.25) is 0 Å². The monoisotopic (exact) mass is 651 g/mol. The fourth-order valence-electron chi connectivity index (χ4n) is 7.14. The third-order valence-corrected chi connectivity index (χ3v) is 9.70. The van der Waals surface area contributed by atoms with E-state index in [0.29, 0.717) is 17.5 Å². The molecule has 0 spiro atoms. The van der Waals surface area contributed by atoms with Crippen molar-refractivity contribution in [2.75, 3.05) is 0 Å². The molecule has 0 aliphatic heterocycles. The van der Waals surface area contributed by atoms with Crippen LogP contribution in [-0.4, -0.2) is 15.0 Å². The number of rotatable bonds is 5. The van der Waals surface area contributed by atoms with Gasteiger partial charge in [0.15, 0.2) is 17.5 Å². The number of nitrogens with zero attached hydrogens (tertiary/aromatic N) is 3. The van der Waals surface area contributed by atoms with E-state index in [1.807, 2.05) is 42.5 Å².